The minimum absolute atomic E-state index is 0.231. The number of carbonyl (C=O) groups excluding carboxylic acids is 1. The van der Waals surface area contributed by atoms with E-state index in [2.05, 4.69) is 0 Å². The van der Waals surface area contributed by atoms with Crippen LogP contribution < -0.4 is 0 Å². The van der Waals surface area contributed by atoms with Crippen LogP contribution in [-0.2, 0) is 10.9 Å². The number of hydrogen-bond donors (Lipinski definition) is 0. The second-order valence-corrected chi connectivity index (χ2v) is 7.07. The molecule has 1 fully saturated rings. The van der Waals surface area contributed by atoms with Gasteiger partial charge in [0.05, 0.1) is 29.9 Å². The molecular weight excluding hydrogens is 369 g/mol. The van der Waals surface area contributed by atoms with Crippen molar-refractivity contribution in [1.29, 1.82) is 0 Å². The summed E-state index contributed by atoms with van der Waals surface area (Å²) >= 11 is 0. The van der Waals surface area contributed by atoms with E-state index in [0.29, 0.717) is 6.54 Å². The zero-order valence-electron chi connectivity index (χ0n) is 15.8. The van der Waals surface area contributed by atoms with Gasteiger partial charge in [-0.3, -0.25) is 4.79 Å². The van der Waals surface area contributed by atoms with Crippen molar-refractivity contribution in [2.45, 2.75) is 18.3 Å². The van der Waals surface area contributed by atoms with E-state index >= 15 is 0 Å². The highest BCUT2D eigenvalue weighted by Crippen LogP contribution is 2.36. The summed E-state index contributed by atoms with van der Waals surface area (Å²) in [6.45, 7) is 1.06. The van der Waals surface area contributed by atoms with Gasteiger partial charge in [-0.25, -0.2) is 0 Å². The molecule has 1 aliphatic rings. The van der Waals surface area contributed by atoms with Gasteiger partial charge >= 0.3 is 6.18 Å². The largest absolute Gasteiger partial charge is 0.417 e. The van der Waals surface area contributed by atoms with Crippen molar-refractivity contribution in [3.63, 3.8) is 0 Å². The Bertz CT molecular complexity index is 809. The SMILES string of the molecule is CN(C)C[C@@H]1OCCN(C(=O)c2ccccc2C(F)(F)F)[C@H]1c1ccccc1. The maximum absolute atomic E-state index is 13.4. The second kappa shape index (κ2) is 8.32. The number of carbonyl (C=O) groups is 1. The molecule has 0 radical (unpaired) electrons. The Morgan fingerprint density at radius 2 is 1.75 bits per heavy atom. The van der Waals surface area contributed by atoms with E-state index in [9.17, 15) is 18.0 Å². The Morgan fingerprint density at radius 1 is 1.11 bits per heavy atom. The van der Waals surface area contributed by atoms with Crippen LogP contribution in [0.15, 0.2) is 54.6 Å². The third-order valence-corrected chi connectivity index (χ3v) is 4.76. The van der Waals surface area contributed by atoms with Crippen LogP contribution in [0.3, 0.4) is 0 Å². The molecule has 2 aromatic carbocycles. The Morgan fingerprint density at radius 3 is 2.39 bits per heavy atom. The van der Waals surface area contributed by atoms with Crippen molar-refractivity contribution < 1.29 is 22.7 Å². The number of hydrogen-bond acceptors (Lipinski definition) is 3. The zero-order valence-corrected chi connectivity index (χ0v) is 15.8. The van der Waals surface area contributed by atoms with Crippen molar-refractivity contribution in [3.05, 3.63) is 71.3 Å². The van der Waals surface area contributed by atoms with E-state index in [0.717, 1.165) is 11.6 Å². The van der Waals surface area contributed by atoms with E-state index in [-0.39, 0.29) is 24.8 Å². The summed E-state index contributed by atoms with van der Waals surface area (Å²) < 4.78 is 46.2. The third-order valence-electron chi connectivity index (χ3n) is 4.76. The number of amides is 1. The fourth-order valence-electron chi connectivity index (χ4n) is 3.59. The molecule has 0 unspecified atom stereocenters. The predicted molar refractivity (Wildman–Crippen MR) is 100.0 cm³/mol. The van der Waals surface area contributed by atoms with Crippen molar-refractivity contribution in [1.82, 2.24) is 9.80 Å². The molecule has 1 aliphatic heterocycles. The summed E-state index contributed by atoms with van der Waals surface area (Å²) in [4.78, 5) is 16.7. The van der Waals surface area contributed by atoms with Gasteiger partial charge in [-0.05, 0) is 31.8 Å². The van der Waals surface area contributed by atoms with Gasteiger partial charge < -0.3 is 14.5 Å². The van der Waals surface area contributed by atoms with E-state index in [4.69, 9.17) is 4.74 Å². The van der Waals surface area contributed by atoms with Gasteiger partial charge in [0.25, 0.3) is 5.91 Å². The Hall–Kier alpha value is -2.38. The van der Waals surface area contributed by atoms with Crippen molar-refractivity contribution in [2.75, 3.05) is 33.8 Å². The maximum Gasteiger partial charge on any atom is 0.417 e. The van der Waals surface area contributed by atoms with Gasteiger partial charge in [0, 0.05) is 13.1 Å². The maximum atomic E-state index is 13.4. The summed E-state index contributed by atoms with van der Waals surface area (Å²) in [5, 5.41) is 0. The monoisotopic (exact) mass is 392 g/mol. The Labute approximate surface area is 162 Å². The molecule has 150 valence electrons. The van der Waals surface area contributed by atoms with Gasteiger partial charge in [0.15, 0.2) is 0 Å². The van der Waals surface area contributed by atoms with Gasteiger partial charge in [-0.1, -0.05) is 42.5 Å². The van der Waals surface area contributed by atoms with Crippen LogP contribution >= 0.6 is 0 Å². The number of halogens is 3. The van der Waals surface area contributed by atoms with Crippen molar-refractivity contribution in [3.8, 4) is 0 Å². The molecule has 0 aromatic heterocycles. The minimum atomic E-state index is -4.59. The average Bonchev–Trinajstić information content (AvgIpc) is 2.67. The standard InChI is InChI=1S/C21H23F3N2O2/c1-25(2)14-18-19(15-8-4-3-5-9-15)26(12-13-28-18)20(27)16-10-6-7-11-17(16)21(22,23)24/h3-11,18-19H,12-14H2,1-2H3/t18-,19-/m0/s1. The molecule has 28 heavy (non-hydrogen) atoms. The smallest absolute Gasteiger partial charge is 0.373 e. The van der Waals surface area contributed by atoms with Crippen LogP contribution in [-0.4, -0.2) is 55.6 Å². The normalized spacial score (nSPS) is 20.4. The van der Waals surface area contributed by atoms with Crippen LogP contribution in [0.1, 0.15) is 27.5 Å². The molecule has 1 heterocycles. The molecule has 0 aliphatic carbocycles. The number of alkyl halides is 3. The van der Waals surface area contributed by atoms with E-state index in [1.54, 1.807) is 0 Å². The zero-order chi connectivity index (χ0) is 20.3. The van der Waals surface area contributed by atoms with Crippen LogP contribution in [0.5, 0.6) is 0 Å². The van der Waals surface area contributed by atoms with Gasteiger partial charge in [-0.2, -0.15) is 13.2 Å². The van der Waals surface area contributed by atoms with Crippen LogP contribution in [0, 0.1) is 0 Å². The van der Waals surface area contributed by atoms with Crippen LogP contribution in [0.25, 0.3) is 0 Å². The fourth-order valence-corrected chi connectivity index (χ4v) is 3.59. The summed E-state index contributed by atoms with van der Waals surface area (Å²) in [7, 11) is 3.79. The second-order valence-electron chi connectivity index (χ2n) is 7.07. The lowest BCUT2D eigenvalue weighted by Crippen LogP contribution is -2.51. The quantitative estimate of drug-likeness (QED) is 0.793. The van der Waals surface area contributed by atoms with Gasteiger partial charge in [-0.15, -0.1) is 0 Å². The van der Waals surface area contributed by atoms with Crippen LogP contribution in [0.2, 0.25) is 0 Å². The van der Waals surface area contributed by atoms with Crippen LogP contribution in [0.4, 0.5) is 13.2 Å². The lowest BCUT2D eigenvalue weighted by molar-refractivity contribution is -0.138. The summed E-state index contributed by atoms with van der Waals surface area (Å²) in [5.74, 6) is -0.631. The fraction of sp³-hybridized carbons (Fsp3) is 0.381. The molecule has 0 N–H and O–H groups in total. The molecular formula is C21H23F3N2O2. The first-order valence-corrected chi connectivity index (χ1v) is 9.07. The molecule has 0 saturated carbocycles. The first kappa shape index (κ1) is 20.4. The third kappa shape index (κ3) is 4.36. The molecule has 0 spiro atoms. The van der Waals surface area contributed by atoms with E-state index < -0.39 is 23.7 Å². The minimum Gasteiger partial charge on any atom is -0.373 e. The topological polar surface area (TPSA) is 32.8 Å². The Balaban J connectivity index is 2.02. The highest BCUT2D eigenvalue weighted by molar-refractivity contribution is 5.96. The predicted octanol–water partition coefficient (Wildman–Crippen LogP) is 3.85. The van der Waals surface area contributed by atoms with Gasteiger partial charge in [0.2, 0.25) is 0 Å². The Kier molecular flexibility index (Phi) is 6.05. The summed E-state index contributed by atoms with van der Waals surface area (Å²) in [5.41, 5.74) is -0.407. The first-order valence-electron chi connectivity index (χ1n) is 9.07. The van der Waals surface area contributed by atoms with Gasteiger partial charge in [0.1, 0.15) is 0 Å². The molecule has 7 heteroatoms. The number of nitrogens with zero attached hydrogens (tertiary/aromatic N) is 2. The molecule has 4 nitrogen and oxygen atoms in total. The number of benzene rings is 2. The number of ether oxygens (including phenoxy) is 1. The summed E-state index contributed by atoms with van der Waals surface area (Å²) in [6, 6.07) is 13.8. The average molecular weight is 392 g/mol. The number of morpholine rings is 1. The number of likely N-dealkylation sites (N-methyl/N-ethyl adjacent to an activating group) is 1. The highest BCUT2D eigenvalue weighted by atomic mass is 19.4. The molecule has 1 amide bonds. The molecule has 2 atom stereocenters. The number of rotatable bonds is 4. The lowest BCUT2D eigenvalue weighted by Gasteiger charge is -2.42. The van der Waals surface area contributed by atoms with Crippen molar-refractivity contribution in [2.24, 2.45) is 0 Å². The molecule has 3 rings (SSSR count). The highest BCUT2D eigenvalue weighted by Gasteiger charge is 2.40. The first-order chi connectivity index (χ1) is 13.3. The van der Waals surface area contributed by atoms with E-state index in [1.165, 1.54) is 23.1 Å². The molecule has 1 saturated heterocycles. The lowest BCUT2D eigenvalue weighted by atomic mass is 9.95. The van der Waals surface area contributed by atoms with Crippen molar-refractivity contribution >= 4 is 5.91 Å². The molecule has 0 bridgehead atoms. The van der Waals surface area contributed by atoms with E-state index in [1.807, 2.05) is 49.3 Å². The molecule has 2 aromatic rings. The summed E-state index contributed by atoms with van der Waals surface area (Å²) in [6.07, 6.45) is -4.93.